The van der Waals surface area contributed by atoms with Crippen LogP contribution >= 0.6 is 11.6 Å². The number of pyridine rings is 1. The molecule has 0 saturated carbocycles. The maximum atomic E-state index is 13.7. The van der Waals surface area contributed by atoms with E-state index in [4.69, 9.17) is 11.6 Å². The van der Waals surface area contributed by atoms with Gasteiger partial charge in [-0.3, -0.25) is 0 Å². The zero-order valence-electron chi connectivity index (χ0n) is 9.55. The summed E-state index contributed by atoms with van der Waals surface area (Å²) in [6.07, 6.45) is 3.74. The van der Waals surface area contributed by atoms with Gasteiger partial charge in [-0.1, -0.05) is 11.6 Å². The van der Waals surface area contributed by atoms with Crippen LogP contribution in [0.2, 0.25) is 5.02 Å². The first-order chi connectivity index (χ1) is 8.19. The first-order valence-electron chi connectivity index (χ1n) is 5.95. The number of nitrogens with one attached hydrogen (secondary N) is 1. The van der Waals surface area contributed by atoms with Crippen LogP contribution in [0.1, 0.15) is 12.8 Å². The predicted molar refractivity (Wildman–Crippen MR) is 66.0 cm³/mol. The number of piperidine rings is 1. The fraction of sp³-hybridized carbons (Fsp3) is 0.583. The van der Waals surface area contributed by atoms with E-state index >= 15 is 0 Å². The number of nitrogens with zero attached hydrogens (tertiary/aromatic N) is 2. The van der Waals surface area contributed by atoms with E-state index in [1.165, 1.54) is 12.3 Å². The van der Waals surface area contributed by atoms with Gasteiger partial charge in [-0.25, -0.2) is 9.37 Å². The van der Waals surface area contributed by atoms with E-state index in [0.717, 1.165) is 39.0 Å². The van der Waals surface area contributed by atoms with Crippen molar-refractivity contribution in [3.05, 3.63) is 23.1 Å². The summed E-state index contributed by atoms with van der Waals surface area (Å²) < 4.78 is 13.7. The minimum atomic E-state index is -0.319. The zero-order chi connectivity index (χ0) is 11.9. The fourth-order valence-electron chi connectivity index (χ4n) is 2.67. The van der Waals surface area contributed by atoms with Gasteiger partial charge in [-0.2, -0.15) is 0 Å². The Morgan fingerprint density at radius 3 is 2.59 bits per heavy atom. The van der Waals surface area contributed by atoms with Crippen LogP contribution in [0, 0.1) is 11.2 Å². The summed E-state index contributed by atoms with van der Waals surface area (Å²) in [5, 5.41) is 3.67. The molecule has 2 aliphatic rings. The zero-order valence-corrected chi connectivity index (χ0v) is 10.3. The van der Waals surface area contributed by atoms with Gasteiger partial charge < -0.3 is 10.2 Å². The molecule has 92 valence electrons. The third-order valence-electron chi connectivity index (χ3n) is 3.91. The highest BCUT2D eigenvalue weighted by Gasteiger charge is 2.40. The lowest BCUT2D eigenvalue weighted by molar-refractivity contribution is 0.126. The Morgan fingerprint density at radius 1 is 1.35 bits per heavy atom. The summed E-state index contributed by atoms with van der Waals surface area (Å²) in [5.41, 5.74) is 0.472. The maximum absolute atomic E-state index is 13.7. The Morgan fingerprint density at radius 2 is 2.06 bits per heavy atom. The summed E-state index contributed by atoms with van der Waals surface area (Å²) in [7, 11) is 0. The first-order valence-corrected chi connectivity index (χ1v) is 6.33. The quantitative estimate of drug-likeness (QED) is 0.833. The lowest BCUT2D eigenvalue weighted by Crippen LogP contribution is -2.58. The molecular formula is C12H15ClFN3. The number of aromatic nitrogens is 1. The normalized spacial score (nSPS) is 22.6. The second kappa shape index (κ2) is 4.10. The first kappa shape index (κ1) is 11.2. The molecule has 0 radical (unpaired) electrons. The van der Waals surface area contributed by atoms with Crippen molar-refractivity contribution in [1.29, 1.82) is 0 Å². The molecule has 5 heteroatoms. The molecule has 1 aromatic rings. The molecule has 3 nitrogen and oxygen atoms in total. The smallest absolute Gasteiger partial charge is 0.167 e. The van der Waals surface area contributed by atoms with Gasteiger partial charge in [0.05, 0.1) is 5.02 Å². The largest absolute Gasteiger partial charge is 0.354 e. The number of rotatable bonds is 1. The fourth-order valence-corrected chi connectivity index (χ4v) is 2.81. The van der Waals surface area contributed by atoms with Crippen molar-refractivity contribution in [3.63, 3.8) is 0 Å². The van der Waals surface area contributed by atoms with Crippen LogP contribution in [0.25, 0.3) is 0 Å². The van der Waals surface area contributed by atoms with E-state index in [2.05, 4.69) is 10.3 Å². The highest BCUT2D eigenvalue weighted by molar-refractivity contribution is 6.30. The van der Waals surface area contributed by atoms with Crippen LogP contribution < -0.4 is 10.2 Å². The molecule has 2 saturated heterocycles. The average Bonchev–Trinajstić information content (AvgIpc) is 2.27. The van der Waals surface area contributed by atoms with Crippen LogP contribution in [0.5, 0.6) is 0 Å². The van der Waals surface area contributed by atoms with Crippen molar-refractivity contribution in [3.8, 4) is 0 Å². The molecule has 0 aromatic carbocycles. The molecule has 0 aliphatic carbocycles. The monoisotopic (exact) mass is 255 g/mol. The molecule has 2 fully saturated rings. The van der Waals surface area contributed by atoms with Gasteiger partial charge >= 0.3 is 0 Å². The van der Waals surface area contributed by atoms with Gasteiger partial charge in [0, 0.05) is 32.4 Å². The molecule has 0 unspecified atom stereocenters. The van der Waals surface area contributed by atoms with Gasteiger partial charge in [0.15, 0.2) is 11.6 Å². The number of halogens is 2. The Kier molecular flexibility index (Phi) is 2.71. The Labute approximate surface area is 105 Å². The third-order valence-corrected chi connectivity index (χ3v) is 4.12. The SMILES string of the molecule is Fc1cc(Cl)cnc1N1CCC2(CC1)CNC2. The number of hydrogen-bond acceptors (Lipinski definition) is 3. The highest BCUT2D eigenvalue weighted by Crippen LogP contribution is 2.36. The molecular weight excluding hydrogens is 241 g/mol. The third kappa shape index (κ3) is 2.00. The number of hydrogen-bond donors (Lipinski definition) is 1. The van der Waals surface area contributed by atoms with Gasteiger partial charge in [0.2, 0.25) is 0 Å². The average molecular weight is 256 g/mol. The van der Waals surface area contributed by atoms with Crippen molar-refractivity contribution in [1.82, 2.24) is 10.3 Å². The van der Waals surface area contributed by atoms with Crippen LogP contribution in [-0.2, 0) is 0 Å². The molecule has 2 aliphatic heterocycles. The van der Waals surface area contributed by atoms with Crippen LogP contribution in [0.15, 0.2) is 12.3 Å². The summed E-state index contributed by atoms with van der Waals surface area (Å²) >= 11 is 5.70. The van der Waals surface area contributed by atoms with E-state index in [9.17, 15) is 4.39 Å². The maximum Gasteiger partial charge on any atom is 0.167 e. The van der Waals surface area contributed by atoms with Crippen molar-refractivity contribution >= 4 is 17.4 Å². The van der Waals surface area contributed by atoms with Gasteiger partial charge in [-0.15, -0.1) is 0 Å². The molecule has 0 bridgehead atoms. The van der Waals surface area contributed by atoms with Gasteiger partial charge in [-0.05, 0) is 24.3 Å². The predicted octanol–water partition coefficient (Wildman–Crippen LogP) is 2.06. The molecule has 1 aromatic heterocycles. The molecule has 3 heterocycles. The molecule has 17 heavy (non-hydrogen) atoms. The standard InChI is InChI=1S/C12H15ClFN3/c13-9-5-10(14)11(16-6-9)17-3-1-12(2-4-17)7-15-8-12/h5-6,15H,1-4,7-8H2. The van der Waals surface area contributed by atoms with Crippen molar-refractivity contribution < 1.29 is 4.39 Å². The summed E-state index contributed by atoms with van der Waals surface area (Å²) in [4.78, 5) is 6.12. The highest BCUT2D eigenvalue weighted by atomic mass is 35.5. The Balaban J connectivity index is 1.73. The molecule has 1 N–H and O–H groups in total. The van der Waals surface area contributed by atoms with E-state index in [0.29, 0.717) is 16.3 Å². The van der Waals surface area contributed by atoms with Crippen LogP contribution in [0.4, 0.5) is 10.2 Å². The topological polar surface area (TPSA) is 28.2 Å². The van der Waals surface area contributed by atoms with E-state index in [1.54, 1.807) is 0 Å². The Bertz CT molecular complexity index is 424. The van der Waals surface area contributed by atoms with E-state index in [1.807, 2.05) is 4.90 Å². The van der Waals surface area contributed by atoms with Crippen LogP contribution in [-0.4, -0.2) is 31.2 Å². The summed E-state index contributed by atoms with van der Waals surface area (Å²) in [5.74, 6) is 0.122. The van der Waals surface area contributed by atoms with Crippen molar-refractivity contribution in [2.75, 3.05) is 31.1 Å². The molecule has 0 atom stereocenters. The second-order valence-electron chi connectivity index (χ2n) is 5.05. The molecule has 1 spiro atoms. The van der Waals surface area contributed by atoms with E-state index < -0.39 is 0 Å². The summed E-state index contributed by atoms with van der Waals surface area (Å²) in [6, 6.07) is 1.33. The lowest BCUT2D eigenvalue weighted by atomic mass is 9.73. The Hall–Kier alpha value is -0.870. The minimum Gasteiger partial charge on any atom is -0.354 e. The van der Waals surface area contributed by atoms with Crippen molar-refractivity contribution in [2.45, 2.75) is 12.8 Å². The lowest BCUT2D eigenvalue weighted by Gasteiger charge is -2.48. The van der Waals surface area contributed by atoms with Gasteiger partial charge in [0.25, 0.3) is 0 Å². The van der Waals surface area contributed by atoms with Gasteiger partial charge in [0.1, 0.15) is 0 Å². The molecule has 0 amide bonds. The minimum absolute atomic E-state index is 0.319. The van der Waals surface area contributed by atoms with Crippen LogP contribution in [0.3, 0.4) is 0 Å². The second-order valence-corrected chi connectivity index (χ2v) is 5.49. The summed E-state index contributed by atoms with van der Waals surface area (Å²) in [6.45, 7) is 3.98. The number of anilines is 1. The van der Waals surface area contributed by atoms with Crippen molar-refractivity contribution in [2.24, 2.45) is 5.41 Å². The molecule has 3 rings (SSSR count). The van der Waals surface area contributed by atoms with E-state index in [-0.39, 0.29) is 5.82 Å².